The van der Waals surface area contributed by atoms with E-state index in [0.717, 1.165) is 6.26 Å². The van der Waals surface area contributed by atoms with Crippen molar-refractivity contribution in [3.05, 3.63) is 34.6 Å². The number of hydrogen-bond acceptors (Lipinski definition) is 7. The SMILES string of the molecule is C/C=C(\C)C(=O)O[C@H](C1=C(C)C(=O)O[C@@H]1O)[C@@]1(C)C(=CO)C(=O)CC[C@@H]1C. The molecule has 0 bridgehead atoms. The first-order chi connectivity index (χ1) is 12.6. The van der Waals surface area contributed by atoms with E-state index in [0.29, 0.717) is 12.0 Å². The third-order valence-corrected chi connectivity index (χ3v) is 5.87. The van der Waals surface area contributed by atoms with E-state index >= 15 is 0 Å². The molecule has 4 atom stereocenters. The van der Waals surface area contributed by atoms with Crippen molar-refractivity contribution in [3.63, 3.8) is 0 Å². The number of ketones is 1. The summed E-state index contributed by atoms with van der Waals surface area (Å²) < 4.78 is 10.6. The van der Waals surface area contributed by atoms with Gasteiger partial charge in [0.05, 0.1) is 6.26 Å². The maximum absolute atomic E-state index is 12.5. The van der Waals surface area contributed by atoms with Crippen LogP contribution in [-0.4, -0.2) is 40.3 Å². The fourth-order valence-corrected chi connectivity index (χ4v) is 3.67. The smallest absolute Gasteiger partial charge is 0.336 e. The van der Waals surface area contributed by atoms with Gasteiger partial charge < -0.3 is 19.7 Å². The first-order valence-electron chi connectivity index (χ1n) is 8.91. The molecule has 2 rings (SSSR count). The van der Waals surface area contributed by atoms with Gasteiger partial charge in [-0.2, -0.15) is 0 Å². The Morgan fingerprint density at radius 1 is 1.41 bits per heavy atom. The number of hydrogen-bond donors (Lipinski definition) is 2. The van der Waals surface area contributed by atoms with Gasteiger partial charge in [0.15, 0.2) is 5.78 Å². The Bertz CT molecular complexity index is 758. The molecular formula is C20H26O7. The molecular weight excluding hydrogens is 352 g/mol. The molecule has 1 aliphatic carbocycles. The predicted molar refractivity (Wildman–Crippen MR) is 96.3 cm³/mol. The monoisotopic (exact) mass is 378 g/mol. The van der Waals surface area contributed by atoms with Crippen LogP contribution in [0.1, 0.15) is 47.5 Å². The van der Waals surface area contributed by atoms with Gasteiger partial charge in [-0.25, -0.2) is 9.59 Å². The highest BCUT2D eigenvalue weighted by Crippen LogP contribution is 2.50. The highest BCUT2D eigenvalue weighted by atomic mass is 16.6. The van der Waals surface area contributed by atoms with E-state index in [1.54, 1.807) is 26.8 Å². The largest absolute Gasteiger partial charge is 0.515 e. The Balaban J connectivity index is 2.66. The molecule has 1 heterocycles. The molecule has 0 spiro atoms. The number of carbonyl (C=O) groups excluding carboxylic acids is 3. The Kier molecular flexibility index (Phi) is 5.94. The minimum Gasteiger partial charge on any atom is -0.515 e. The second-order valence-corrected chi connectivity index (χ2v) is 7.28. The normalized spacial score (nSPS) is 31.9. The maximum Gasteiger partial charge on any atom is 0.336 e. The molecule has 7 heteroatoms. The van der Waals surface area contributed by atoms with E-state index in [9.17, 15) is 24.6 Å². The van der Waals surface area contributed by atoms with Gasteiger partial charge in [-0.1, -0.05) is 19.9 Å². The summed E-state index contributed by atoms with van der Waals surface area (Å²) in [5.41, 5.74) is -0.475. The molecule has 27 heavy (non-hydrogen) atoms. The Morgan fingerprint density at radius 3 is 2.52 bits per heavy atom. The fourth-order valence-electron chi connectivity index (χ4n) is 3.67. The highest BCUT2D eigenvalue weighted by Gasteiger charge is 2.54. The van der Waals surface area contributed by atoms with Crippen molar-refractivity contribution >= 4 is 17.7 Å². The molecule has 0 aromatic rings. The van der Waals surface area contributed by atoms with E-state index in [1.807, 2.05) is 6.92 Å². The van der Waals surface area contributed by atoms with Gasteiger partial charge >= 0.3 is 11.9 Å². The van der Waals surface area contributed by atoms with Crippen molar-refractivity contribution in [2.45, 2.75) is 59.9 Å². The number of allylic oxidation sites excluding steroid dienone is 1. The average molecular weight is 378 g/mol. The van der Waals surface area contributed by atoms with Crippen LogP contribution in [0.4, 0.5) is 0 Å². The molecule has 0 radical (unpaired) electrons. The van der Waals surface area contributed by atoms with Gasteiger partial charge in [0.2, 0.25) is 6.29 Å². The predicted octanol–water partition coefficient (Wildman–Crippen LogP) is 2.50. The average Bonchev–Trinajstić information content (AvgIpc) is 2.88. The zero-order valence-electron chi connectivity index (χ0n) is 16.2. The lowest BCUT2D eigenvalue weighted by molar-refractivity contribution is -0.158. The number of aliphatic hydroxyl groups excluding tert-OH is 2. The van der Waals surface area contributed by atoms with Crippen LogP contribution in [0.3, 0.4) is 0 Å². The van der Waals surface area contributed by atoms with Crippen LogP contribution in [-0.2, 0) is 23.9 Å². The van der Waals surface area contributed by atoms with Crippen molar-refractivity contribution in [1.29, 1.82) is 0 Å². The number of cyclic esters (lactones) is 1. The first-order valence-corrected chi connectivity index (χ1v) is 8.91. The second-order valence-electron chi connectivity index (χ2n) is 7.28. The van der Waals surface area contributed by atoms with E-state index in [4.69, 9.17) is 9.47 Å². The standard InChI is InChI=1S/C20H26O7/c1-6-10(2)17(23)26-16(15-12(4)18(24)27-19(15)25)20(5)11(3)7-8-14(22)13(20)9-21/h6,9,11,16,19,21,25H,7-8H2,1-5H3/b10-6+,13-9?/t11-,16+,19-,20+/m0/s1. The van der Waals surface area contributed by atoms with Gasteiger partial charge in [0, 0.05) is 34.1 Å². The van der Waals surface area contributed by atoms with Crippen LogP contribution in [0.15, 0.2) is 34.6 Å². The van der Waals surface area contributed by atoms with E-state index in [-0.39, 0.29) is 34.8 Å². The zero-order chi connectivity index (χ0) is 20.5. The van der Waals surface area contributed by atoms with Crippen molar-refractivity contribution in [3.8, 4) is 0 Å². The molecule has 1 aliphatic heterocycles. The first kappa shape index (κ1) is 20.9. The van der Waals surface area contributed by atoms with Crippen LogP contribution in [0.2, 0.25) is 0 Å². The van der Waals surface area contributed by atoms with Gasteiger partial charge in [-0.15, -0.1) is 0 Å². The van der Waals surface area contributed by atoms with Crippen LogP contribution < -0.4 is 0 Å². The minimum atomic E-state index is -1.58. The number of carbonyl (C=O) groups is 3. The molecule has 0 unspecified atom stereocenters. The van der Waals surface area contributed by atoms with Gasteiger partial charge in [0.1, 0.15) is 6.10 Å². The molecule has 7 nitrogen and oxygen atoms in total. The number of rotatable bonds is 4. The quantitative estimate of drug-likeness (QED) is 0.439. The summed E-state index contributed by atoms with van der Waals surface area (Å²) >= 11 is 0. The van der Waals surface area contributed by atoms with Crippen LogP contribution in [0.25, 0.3) is 0 Å². The van der Waals surface area contributed by atoms with Crippen molar-refractivity contribution in [2.24, 2.45) is 11.3 Å². The molecule has 148 valence electrons. The number of esters is 2. The number of ether oxygens (including phenoxy) is 2. The third kappa shape index (κ3) is 3.43. The highest BCUT2D eigenvalue weighted by molar-refractivity contribution is 5.98. The lowest BCUT2D eigenvalue weighted by Gasteiger charge is -2.46. The zero-order valence-corrected chi connectivity index (χ0v) is 16.2. The summed E-state index contributed by atoms with van der Waals surface area (Å²) in [7, 11) is 0. The molecule has 0 aromatic heterocycles. The summed E-state index contributed by atoms with van der Waals surface area (Å²) in [6, 6.07) is 0. The summed E-state index contributed by atoms with van der Waals surface area (Å²) in [6.45, 7) is 8.29. The number of aliphatic hydroxyl groups is 2. The summed E-state index contributed by atoms with van der Waals surface area (Å²) in [6.07, 6.45) is 0.352. The van der Waals surface area contributed by atoms with Crippen LogP contribution >= 0.6 is 0 Å². The minimum absolute atomic E-state index is 0.0978. The summed E-state index contributed by atoms with van der Waals surface area (Å²) in [5, 5.41) is 20.1. The topological polar surface area (TPSA) is 110 Å². The molecule has 0 amide bonds. The lowest BCUT2D eigenvalue weighted by atomic mass is 9.60. The van der Waals surface area contributed by atoms with Crippen molar-refractivity contribution in [2.75, 3.05) is 0 Å². The Morgan fingerprint density at radius 2 is 2.04 bits per heavy atom. The van der Waals surface area contributed by atoms with E-state index < -0.39 is 29.7 Å². The molecule has 2 N–H and O–H groups in total. The van der Waals surface area contributed by atoms with Crippen LogP contribution in [0, 0.1) is 11.3 Å². The Labute approximate surface area is 158 Å². The van der Waals surface area contributed by atoms with E-state index in [1.165, 1.54) is 6.92 Å². The molecule has 0 aromatic carbocycles. The maximum atomic E-state index is 12.5. The molecule has 2 aliphatic rings. The third-order valence-electron chi connectivity index (χ3n) is 5.87. The summed E-state index contributed by atoms with van der Waals surface area (Å²) in [5.74, 6) is -1.80. The van der Waals surface area contributed by atoms with Crippen LogP contribution in [0.5, 0.6) is 0 Å². The fraction of sp³-hybridized carbons (Fsp3) is 0.550. The lowest BCUT2D eigenvalue weighted by Crippen LogP contribution is -2.49. The van der Waals surface area contributed by atoms with Gasteiger partial charge in [-0.3, -0.25) is 4.79 Å². The number of Topliss-reactive ketones (excluding diaryl/α,β-unsaturated/α-hetero) is 1. The Hall–Kier alpha value is -2.41. The van der Waals surface area contributed by atoms with Gasteiger partial charge in [-0.05, 0) is 33.1 Å². The van der Waals surface area contributed by atoms with E-state index in [2.05, 4.69) is 0 Å². The second kappa shape index (κ2) is 7.68. The molecule has 1 saturated carbocycles. The van der Waals surface area contributed by atoms with Crippen molar-refractivity contribution in [1.82, 2.24) is 0 Å². The molecule has 1 fully saturated rings. The summed E-state index contributed by atoms with van der Waals surface area (Å²) in [4.78, 5) is 36.9. The van der Waals surface area contributed by atoms with Crippen molar-refractivity contribution < 1.29 is 34.1 Å². The van der Waals surface area contributed by atoms with Gasteiger partial charge in [0.25, 0.3) is 0 Å². The molecule has 0 saturated heterocycles.